The molecular weight excluding hydrogens is 616 g/mol. The lowest BCUT2D eigenvalue weighted by Gasteiger charge is -2.43. The third-order valence-corrected chi connectivity index (χ3v) is 7.81. The molecule has 1 fully saturated rings. The van der Waals surface area contributed by atoms with E-state index in [0.29, 0.717) is 10.7 Å². The van der Waals surface area contributed by atoms with Gasteiger partial charge < -0.3 is 24.8 Å². The summed E-state index contributed by atoms with van der Waals surface area (Å²) in [6.45, 7) is -0.709. The largest absolute Gasteiger partial charge is 0.476 e. The Morgan fingerprint density at radius 2 is 2.02 bits per heavy atom. The SMILES string of the molecule is COC1[C@@H](n2cc(-c3nc(Cl)cs3)nn2)[C@@H](O)C(CO)O[C@H]1c1cc(C(=O)O)nn1-c1cc(Cl)ccc1C(F)(F)F. The molecule has 1 aliphatic heterocycles. The van der Waals surface area contributed by atoms with Crippen molar-refractivity contribution in [1.29, 1.82) is 0 Å². The van der Waals surface area contributed by atoms with E-state index in [1.54, 1.807) is 5.38 Å². The van der Waals surface area contributed by atoms with Gasteiger partial charge in [-0.25, -0.2) is 19.1 Å². The minimum absolute atomic E-state index is 0.0712. The molecule has 12 nitrogen and oxygen atoms in total. The van der Waals surface area contributed by atoms with Crippen molar-refractivity contribution in [1.82, 2.24) is 29.8 Å². The average Bonchev–Trinajstić information content (AvgIpc) is 3.67. The number of alkyl halides is 3. The second-order valence-corrected chi connectivity index (χ2v) is 10.5. The van der Waals surface area contributed by atoms with Crippen LogP contribution < -0.4 is 0 Å². The molecule has 1 aliphatic rings. The molecule has 0 aliphatic carbocycles. The van der Waals surface area contributed by atoms with E-state index >= 15 is 0 Å². The van der Waals surface area contributed by atoms with Gasteiger partial charge in [0.05, 0.1) is 29.7 Å². The third kappa shape index (κ3) is 5.55. The molecular formula is C23H19Cl2F3N6O6S. The number of aliphatic hydroxyl groups is 2. The molecule has 4 aromatic rings. The van der Waals surface area contributed by atoms with Crippen molar-refractivity contribution in [2.75, 3.05) is 13.7 Å². The van der Waals surface area contributed by atoms with Gasteiger partial charge in [-0.15, -0.1) is 16.4 Å². The third-order valence-electron chi connectivity index (χ3n) is 6.39. The number of nitrogens with zero attached hydrogens (tertiary/aromatic N) is 6. The highest BCUT2D eigenvalue weighted by atomic mass is 35.5. The maximum Gasteiger partial charge on any atom is 0.418 e. The topological polar surface area (TPSA) is 158 Å². The Kier molecular flexibility index (Phi) is 8.08. The van der Waals surface area contributed by atoms with Gasteiger partial charge in [0.15, 0.2) is 5.69 Å². The Hall–Kier alpha value is -3.12. The summed E-state index contributed by atoms with van der Waals surface area (Å²) in [5, 5.41) is 45.0. The van der Waals surface area contributed by atoms with Gasteiger partial charge >= 0.3 is 12.1 Å². The monoisotopic (exact) mass is 634 g/mol. The van der Waals surface area contributed by atoms with Gasteiger partial charge in [-0.05, 0) is 24.3 Å². The number of halogens is 5. The van der Waals surface area contributed by atoms with E-state index in [1.807, 2.05) is 0 Å². The van der Waals surface area contributed by atoms with Crippen LogP contribution >= 0.6 is 34.5 Å². The fraction of sp³-hybridized carbons (Fsp3) is 0.348. The lowest BCUT2D eigenvalue weighted by molar-refractivity contribution is -0.216. The summed E-state index contributed by atoms with van der Waals surface area (Å²) in [4.78, 5) is 16.0. The van der Waals surface area contributed by atoms with Crippen molar-refractivity contribution in [2.45, 2.75) is 36.6 Å². The van der Waals surface area contributed by atoms with Gasteiger partial charge in [-0.1, -0.05) is 28.4 Å². The van der Waals surface area contributed by atoms with Gasteiger partial charge in [-0.3, -0.25) is 0 Å². The van der Waals surface area contributed by atoms with E-state index in [-0.39, 0.29) is 15.9 Å². The summed E-state index contributed by atoms with van der Waals surface area (Å²) < 4.78 is 55.5. The van der Waals surface area contributed by atoms with Crippen LogP contribution in [0.25, 0.3) is 16.4 Å². The maximum atomic E-state index is 14.0. The highest BCUT2D eigenvalue weighted by Crippen LogP contribution is 2.42. The Morgan fingerprint density at radius 1 is 1.27 bits per heavy atom. The van der Waals surface area contributed by atoms with Crippen LogP contribution in [0, 0.1) is 0 Å². The molecule has 0 amide bonds. The number of carboxylic acids is 1. The number of aromatic carboxylic acids is 1. The summed E-state index contributed by atoms with van der Waals surface area (Å²) in [5.74, 6) is -1.52. The molecule has 4 heterocycles. The normalized spacial score (nSPS) is 23.2. The number of carbonyl (C=O) groups is 1. The van der Waals surface area contributed by atoms with Gasteiger partial charge in [0.2, 0.25) is 0 Å². The van der Waals surface area contributed by atoms with Crippen LogP contribution in [0.3, 0.4) is 0 Å². The number of thiazole rings is 1. The summed E-state index contributed by atoms with van der Waals surface area (Å²) in [5.41, 5.74) is -2.19. The number of methoxy groups -OCH3 is 1. The zero-order valence-electron chi connectivity index (χ0n) is 20.6. The smallest absolute Gasteiger partial charge is 0.418 e. The van der Waals surface area contributed by atoms with Crippen molar-refractivity contribution in [3.8, 4) is 16.4 Å². The van der Waals surface area contributed by atoms with Crippen LogP contribution in [0.1, 0.15) is 33.9 Å². The van der Waals surface area contributed by atoms with Crippen molar-refractivity contribution in [3.05, 3.63) is 63.0 Å². The molecule has 218 valence electrons. The number of ether oxygens (including phenoxy) is 2. The maximum absolute atomic E-state index is 14.0. The van der Waals surface area contributed by atoms with Gasteiger partial charge in [0.1, 0.15) is 46.3 Å². The van der Waals surface area contributed by atoms with Gasteiger partial charge in [0.25, 0.3) is 0 Å². The first-order valence-corrected chi connectivity index (χ1v) is 13.3. The number of rotatable bonds is 7. The number of carboxylic acid groups (broad SMARTS) is 1. The Balaban J connectivity index is 1.66. The predicted molar refractivity (Wildman–Crippen MR) is 137 cm³/mol. The summed E-state index contributed by atoms with van der Waals surface area (Å²) in [7, 11) is 1.26. The van der Waals surface area contributed by atoms with Crippen molar-refractivity contribution >= 4 is 40.5 Å². The molecule has 18 heteroatoms. The molecule has 5 atom stereocenters. The molecule has 0 radical (unpaired) electrons. The highest BCUT2D eigenvalue weighted by molar-refractivity contribution is 7.13. The lowest BCUT2D eigenvalue weighted by atomic mass is 9.90. The minimum Gasteiger partial charge on any atom is -0.476 e. The van der Waals surface area contributed by atoms with Crippen LogP contribution in [0.5, 0.6) is 0 Å². The number of benzene rings is 1. The standard InChI is InChI=1S/C23H19Cl2F3N6O6S/c1-39-20-17(33-6-12(30-32-33)21-29-16(25)8-41-21)18(36)15(7-35)40-19(20)14-5-11(22(37)38)31-34(14)13-4-9(24)2-3-10(13)23(26,27)28/h2-6,8,15,17-20,35-36H,7H2,1H3,(H,37,38)/t15?,17-,18-,19-,20?/m0/s1. The summed E-state index contributed by atoms with van der Waals surface area (Å²) in [6.07, 6.45) is -8.71. The van der Waals surface area contributed by atoms with E-state index in [4.69, 9.17) is 32.7 Å². The first-order valence-electron chi connectivity index (χ1n) is 11.6. The van der Waals surface area contributed by atoms with Crippen molar-refractivity contribution in [2.24, 2.45) is 0 Å². The van der Waals surface area contributed by atoms with Crippen LogP contribution in [-0.2, 0) is 15.7 Å². The zero-order chi connectivity index (χ0) is 29.6. The quantitative estimate of drug-likeness (QED) is 0.274. The van der Waals surface area contributed by atoms with E-state index in [0.717, 1.165) is 28.9 Å². The second kappa shape index (κ2) is 11.3. The van der Waals surface area contributed by atoms with Gasteiger partial charge in [-0.2, -0.15) is 18.3 Å². The molecule has 1 saturated heterocycles. The first kappa shape index (κ1) is 29.4. The molecule has 3 aromatic heterocycles. The predicted octanol–water partition coefficient (Wildman–Crippen LogP) is 3.66. The van der Waals surface area contributed by atoms with E-state index in [1.165, 1.54) is 29.3 Å². The number of hydrogen-bond acceptors (Lipinski definition) is 10. The fourth-order valence-electron chi connectivity index (χ4n) is 4.61. The van der Waals surface area contributed by atoms with Gasteiger partial charge in [0, 0.05) is 17.5 Å². The Labute approximate surface area is 242 Å². The molecule has 5 rings (SSSR count). The number of aromatic nitrogens is 6. The Bertz CT molecular complexity index is 1580. The van der Waals surface area contributed by atoms with E-state index in [2.05, 4.69) is 20.4 Å². The molecule has 1 aromatic carbocycles. The van der Waals surface area contributed by atoms with E-state index in [9.17, 15) is 33.3 Å². The van der Waals surface area contributed by atoms with Crippen LogP contribution in [0.15, 0.2) is 35.8 Å². The Morgan fingerprint density at radius 3 is 2.63 bits per heavy atom. The molecule has 0 bridgehead atoms. The second-order valence-electron chi connectivity index (χ2n) is 8.85. The number of aliphatic hydroxyl groups excluding tert-OH is 2. The first-order chi connectivity index (χ1) is 19.4. The zero-order valence-corrected chi connectivity index (χ0v) is 22.9. The average molecular weight is 635 g/mol. The number of hydrogen-bond donors (Lipinski definition) is 3. The molecule has 41 heavy (non-hydrogen) atoms. The fourth-order valence-corrected chi connectivity index (χ4v) is 5.67. The molecule has 2 unspecified atom stereocenters. The lowest BCUT2D eigenvalue weighted by Crippen LogP contribution is -2.53. The summed E-state index contributed by atoms with van der Waals surface area (Å²) >= 11 is 13.1. The van der Waals surface area contributed by atoms with Crippen LogP contribution in [0.4, 0.5) is 13.2 Å². The van der Waals surface area contributed by atoms with Crippen molar-refractivity contribution in [3.63, 3.8) is 0 Å². The summed E-state index contributed by atoms with van der Waals surface area (Å²) in [6, 6.07) is 2.66. The van der Waals surface area contributed by atoms with Crippen molar-refractivity contribution < 1.29 is 42.8 Å². The van der Waals surface area contributed by atoms with Crippen LogP contribution in [0.2, 0.25) is 10.2 Å². The molecule has 0 saturated carbocycles. The molecule has 3 N–H and O–H groups in total. The van der Waals surface area contributed by atoms with E-state index < -0.39 is 66.2 Å². The minimum atomic E-state index is -4.86. The molecule has 0 spiro atoms. The van der Waals surface area contributed by atoms with Crippen LogP contribution in [-0.4, -0.2) is 83.1 Å². The highest BCUT2D eigenvalue weighted by Gasteiger charge is 2.49.